The summed E-state index contributed by atoms with van der Waals surface area (Å²) in [5, 5.41) is 0.457. The maximum absolute atomic E-state index is 5.87. The minimum absolute atomic E-state index is 0.457. The molecular formula is C11H18ClN3O. The topological polar surface area (TPSA) is 51.4 Å². The average molecular weight is 244 g/mol. The van der Waals surface area contributed by atoms with Crippen LogP contribution in [-0.4, -0.2) is 31.3 Å². The van der Waals surface area contributed by atoms with Gasteiger partial charge in [-0.1, -0.05) is 11.6 Å². The van der Waals surface area contributed by atoms with Crippen molar-refractivity contribution in [3.63, 3.8) is 0 Å². The van der Waals surface area contributed by atoms with Gasteiger partial charge in [0.1, 0.15) is 5.15 Å². The van der Waals surface area contributed by atoms with Crippen LogP contribution in [0.1, 0.15) is 13.8 Å². The number of nitrogens with zero attached hydrogens (tertiary/aromatic N) is 2. The standard InChI is InChI=1S/C11H18ClN3O/c1-3-15(7-8-16-4-2)11-9(13)5-6-10(12)14-11/h5-6H,3-4,7-8,13H2,1-2H3. The molecule has 0 saturated heterocycles. The fraction of sp³-hybridized carbons (Fsp3) is 0.545. The van der Waals surface area contributed by atoms with Crippen molar-refractivity contribution in [3.05, 3.63) is 17.3 Å². The number of nitrogens with two attached hydrogens (primary N) is 1. The summed E-state index contributed by atoms with van der Waals surface area (Å²) < 4.78 is 5.31. The normalized spacial score (nSPS) is 10.4. The Kier molecular flexibility index (Phi) is 5.35. The molecular weight excluding hydrogens is 226 g/mol. The van der Waals surface area contributed by atoms with Crippen LogP contribution in [-0.2, 0) is 4.74 Å². The van der Waals surface area contributed by atoms with Gasteiger partial charge >= 0.3 is 0 Å². The average Bonchev–Trinajstić information content (AvgIpc) is 2.28. The maximum atomic E-state index is 5.87. The van der Waals surface area contributed by atoms with Crippen LogP contribution in [0.2, 0.25) is 5.15 Å². The van der Waals surface area contributed by atoms with Crippen molar-refractivity contribution in [2.75, 3.05) is 36.9 Å². The van der Waals surface area contributed by atoms with Crippen molar-refractivity contribution in [2.45, 2.75) is 13.8 Å². The number of rotatable bonds is 6. The third kappa shape index (κ3) is 3.54. The zero-order chi connectivity index (χ0) is 12.0. The van der Waals surface area contributed by atoms with Crippen LogP contribution in [0, 0.1) is 0 Å². The molecule has 2 N–H and O–H groups in total. The van der Waals surface area contributed by atoms with Crippen LogP contribution in [0.15, 0.2) is 12.1 Å². The van der Waals surface area contributed by atoms with Crippen LogP contribution in [0.5, 0.6) is 0 Å². The van der Waals surface area contributed by atoms with Crippen LogP contribution >= 0.6 is 11.6 Å². The highest BCUT2D eigenvalue weighted by molar-refractivity contribution is 6.29. The van der Waals surface area contributed by atoms with Gasteiger partial charge in [-0.15, -0.1) is 0 Å². The van der Waals surface area contributed by atoms with Gasteiger partial charge in [0.2, 0.25) is 0 Å². The molecule has 0 aliphatic rings. The molecule has 1 rings (SSSR count). The number of anilines is 2. The summed E-state index contributed by atoms with van der Waals surface area (Å²) in [6, 6.07) is 3.46. The van der Waals surface area contributed by atoms with E-state index in [4.69, 9.17) is 22.1 Å². The molecule has 0 aromatic carbocycles. The molecule has 1 aromatic rings. The van der Waals surface area contributed by atoms with Gasteiger partial charge in [-0.3, -0.25) is 0 Å². The number of likely N-dealkylation sites (N-methyl/N-ethyl adjacent to an activating group) is 1. The summed E-state index contributed by atoms with van der Waals surface area (Å²) in [5.74, 6) is 0.731. The van der Waals surface area contributed by atoms with Crippen LogP contribution < -0.4 is 10.6 Å². The molecule has 0 spiro atoms. The van der Waals surface area contributed by atoms with E-state index in [9.17, 15) is 0 Å². The molecule has 16 heavy (non-hydrogen) atoms. The van der Waals surface area contributed by atoms with Crippen molar-refractivity contribution >= 4 is 23.1 Å². The summed E-state index contributed by atoms with van der Waals surface area (Å²) in [7, 11) is 0. The second kappa shape index (κ2) is 6.55. The summed E-state index contributed by atoms with van der Waals surface area (Å²) in [4.78, 5) is 6.29. The van der Waals surface area contributed by atoms with E-state index in [0.717, 1.165) is 25.5 Å². The Labute approximate surface area is 101 Å². The van der Waals surface area contributed by atoms with E-state index in [1.165, 1.54) is 0 Å². The molecule has 0 amide bonds. The molecule has 1 aromatic heterocycles. The number of hydrogen-bond donors (Lipinski definition) is 1. The Morgan fingerprint density at radius 3 is 2.81 bits per heavy atom. The van der Waals surface area contributed by atoms with Gasteiger partial charge in [-0.25, -0.2) is 4.98 Å². The van der Waals surface area contributed by atoms with Gasteiger partial charge in [-0.05, 0) is 26.0 Å². The third-order valence-electron chi connectivity index (χ3n) is 2.26. The van der Waals surface area contributed by atoms with E-state index in [2.05, 4.69) is 9.88 Å². The molecule has 0 aliphatic heterocycles. The lowest BCUT2D eigenvalue weighted by Crippen LogP contribution is -2.28. The first kappa shape index (κ1) is 13.1. The highest BCUT2D eigenvalue weighted by Crippen LogP contribution is 2.22. The van der Waals surface area contributed by atoms with E-state index >= 15 is 0 Å². The Hall–Kier alpha value is -1.00. The number of nitrogen functional groups attached to an aromatic ring is 1. The Morgan fingerprint density at radius 1 is 1.44 bits per heavy atom. The Bertz CT molecular complexity index is 333. The van der Waals surface area contributed by atoms with Gasteiger partial charge in [0.05, 0.1) is 12.3 Å². The second-order valence-electron chi connectivity index (χ2n) is 3.32. The predicted molar refractivity (Wildman–Crippen MR) is 68.0 cm³/mol. The Morgan fingerprint density at radius 2 is 2.19 bits per heavy atom. The fourth-order valence-corrected chi connectivity index (χ4v) is 1.57. The monoisotopic (exact) mass is 243 g/mol. The van der Waals surface area contributed by atoms with Crippen molar-refractivity contribution in [3.8, 4) is 0 Å². The first-order valence-electron chi connectivity index (χ1n) is 5.43. The number of pyridine rings is 1. The third-order valence-corrected chi connectivity index (χ3v) is 2.47. The number of halogens is 1. The maximum Gasteiger partial charge on any atom is 0.153 e. The molecule has 90 valence electrons. The number of ether oxygens (including phenoxy) is 1. The van der Waals surface area contributed by atoms with Crippen molar-refractivity contribution in [2.24, 2.45) is 0 Å². The van der Waals surface area contributed by atoms with E-state index in [1.54, 1.807) is 12.1 Å². The molecule has 0 fully saturated rings. The van der Waals surface area contributed by atoms with Gasteiger partial charge in [0, 0.05) is 19.7 Å². The highest BCUT2D eigenvalue weighted by Gasteiger charge is 2.10. The summed E-state index contributed by atoms with van der Waals surface area (Å²) in [6.07, 6.45) is 0. The van der Waals surface area contributed by atoms with Crippen LogP contribution in [0.3, 0.4) is 0 Å². The summed E-state index contributed by atoms with van der Waals surface area (Å²) >= 11 is 5.85. The molecule has 0 unspecified atom stereocenters. The lowest BCUT2D eigenvalue weighted by molar-refractivity contribution is 0.154. The van der Waals surface area contributed by atoms with Gasteiger partial charge in [0.25, 0.3) is 0 Å². The smallest absolute Gasteiger partial charge is 0.153 e. The first-order chi connectivity index (χ1) is 7.69. The molecule has 0 aliphatic carbocycles. The zero-order valence-electron chi connectivity index (χ0n) is 9.74. The fourth-order valence-electron chi connectivity index (χ4n) is 1.42. The quantitative estimate of drug-likeness (QED) is 0.615. The molecule has 0 radical (unpaired) electrons. The van der Waals surface area contributed by atoms with Gasteiger partial charge in [-0.2, -0.15) is 0 Å². The summed E-state index contributed by atoms with van der Waals surface area (Å²) in [6.45, 7) is 7.00. The SMILES string of the molecule is CCOCCN(CC)c1nc(Cl)ccc1N. The van der Waals surface area contributed by atoms with E-state index < -0.39 is 0 Å². The molecule has 0 atom stereocenters. The minimum Gasteiger partial charge on any atom is -0.396 e. The van der Waals surface area contributed by atoms with Crippen molar-refractivity contribution in [1.82, 2.24) is 4.98 Å². The lowest BCUT2D eigenvalue weighted by Gasteiger charge is -2.23. The second-order valence-corrected chi connectivity index (χ2v) is 3.71. The number of hydrogen-bond acceptors (Lipinski definition) is 4. The lowest BCUT2D eigenvalue weighted by atomic mass is 10.3. The van der Waals surface area contributed by atoms with E-state index in [1.807, 2.05) is 13.8 Å². The highest BCUT2D eigenvalue weighted by atomic mass is 35.5. The number of aromatic nitrogens is 1. The predicted octanol–water partition coefficient (Wildman–Crippen LogP) is 2.18. The molecule has 1 heterocycles. The van der Waals surface area contributed by atoms with Crippen LogP contribution in [0.25, 0.3) is 0 Å². The van der Waals surface area contributed by atoms with Gasteiger partial charge < -0.3 is 15.4 Å². The van der Waals surface area contributed by atoms with Crippen LogP contribution in [0.4, 0.5) is 11.5 Å². The minimum atomic E-state index is 0.457. The molecule has 4 nitrogen and oxygen atoms in total. The van der Waals surface area contributed by atoms with Gasteiger partial charge in [0.15, 0.2) is 5.82 Å². The summed E-state index contributed by atoms with van der Waals surface area (Å²) in [5.41, 5.74) is 6.51. The Balaban J connectivity index is 2.73. The molecule has 5 heteroatoms. The molecule has 0 bridgehead atoms. The van der Waals surface area contributed by atoms with E-state index in [0.29, 0.717) is 17.4 Å². The zero-order valence-corrected chi connectivity index (χ0v) is 10.5. The van der Waals surface area contributed by atoms with E-state index in [-0.39, 0.29) is 0 Å². The van der Waals surface area contributed by atoms with Crippen molar-refractivity contribution < 1.29 is 4.74 Å². The largest absolute Gasteiger partial charge is 0.396 e. The molecule has 0 saturated carbocycles. The van der Waals surface area contributed by atoms with Crippen molar-refractivity contribution in [1.29, 1.82) is 0 Å². The first-order valence-corrected chi connectivity index (χ1v) is 5.81.